The van der Waals surface area contributed by atoms with Crippen LogP contribution < -0.4 is 5.32 Å². The molecule has 1 aromatic carbocycles. The molecule has 4 heteroatoms. The molecule has 1 aromatic rings. The van der Waals surface area contributed by atoms with Crippen LogP contribution in [0.4, 0.5) is 5.69 Å². The van der Waals surface area contributed by atoms with Gasteiger partial charge in [-0.15, -0.1) is 0 Å². The van der Waals surface area contributed by atoms with E-state index in [0.29, 0.717) is 0 Å². The van der Waals surface area contributed by atoms with E-state index in [1.165, 1.54) is 5.56 Å². The summed E-state index contributed by atoms with van der Waals surface area (Å²) >= 11 is 1.83. The third-order valence-electron chi connectivity index (χ3n) is 3.86. The molecule has 0 atom stereocenters. The van der Waals surface area contributed by atoms with Crippen molar-refractivity contribution in [2.24, 2.45) is 0 Å². The van der Waals surface area contributed by atoms with Crippen LogP contribution >= 0.6 is 11.8 Å². The van der Waals surface area contributed by atoms with E-state index in [9.17, 15) is 9.90 Å². The molecule has 1 aliphatic rings. The molecule has 20 heavy (non-hydrogen) atoms. The highest BCUT2D eigenvalue weighted by molar-refractivity contribution is 7.98. The molecule has 1 fully saturated rings. The Morgan fingerprint density at radius 2 is 1.95 bits per heavy atom. The standard InChI is InChI=1S/C16H23NO2S/c1-20-11-8-13-4-6-14(7-5-13)17-15(18)12-16(19)9-2-3-10-16/h4-7,19H,2-3,8-12H2,1H3,(H,17,18). The Morgan fingerprint density at radius 1 is 1.30 bits per heavy atom. The van der Waals surface area contributed by atoms with Gasteiger partial charge in [0.15, 0.2) is 0 Å². The predicted molar refractivity (Wildman–Crippen MR) is 85.2 cm³/mol. The lowest BCUT2D eigenvalue weighted by atomic mass is 9.97. The van der Waals surface area contributed by atoms with Crippen molar-refractivity contribution in [1.29, 1.82) is 0 Å². The Balaban J connectivity index is 1.84. The van der Waals surface area contributed by atoms with Crippen LogP contribution in [0, 0.1) is 0 Å². The number of carbonyl (C=O) groups is 1. The fourth-order valence-electron chi connectivity index (χ4n) is 2.69. The molecule has 110 valence electrons. The van der Waals surface area contributed by atoms with Gasteiger partial charge in [-0.2, -0.15) is 11.8 Å². The normalized spacial score (nSPS) is 17.1. The number of hydrogen-bond acceptors (Lipinski definition) is 3. The van der Waals surface area contributed by atoms with Crippen LogP contribution in [0.1, 0.15) is 37.7 Å². The van der Waals surface area contributed by atoms with Gasteiger partial charge < -0.3 is 10.4 Å². The quantitative estimate of drug-likeness (QED) is 0.846. The SMILES string of the molecule is CSCCc1ccc(NC(=O)CC2(O)CCCC2)cc1. The second-order valence-electron chi connectivity index (χ2n) is 5.60. The summed E-state index contributed by atoms with van der Waals surface area (Å²) in [5, 5.41) is 13.1. The van der Waals surface area contributed by atoms with E-state index in [-0.39, 0.29) is 12.3 Å². The number of thioether (sulfide) groups is 1. The van der Waals surface area contributed by atoms with Crippen LogP contribution in [0.3, 0.4) is 0 Å². The number of nitrogens with one attached hydrogen (secondary N) is 1. The first kappa shape index (κ1) is 15.4. The molecule has 1 aliphatic carbocycles. The minimum Gasteiger partial charge on any atom is -0.389 e. The maximum absolute atomic E-state index is 12.0. The summed E-state index contributed by atoms with van der Waals surface area (Å²) in [4.78, 5) is 12.0. The van der Waals surface area contributed by atoms with Crippen LogP contribution in [0.15, 0.2) is 24.3 Å². The Bertz CT molecular complexity index is 438. The molecule has 0 radical (unpaired) electrons. The summed E-state index contributed by atoms with van der Waals surface area (Å²) in [6.45, 7) is 0. The zero-order chi connectivity index (χ0) is 14.4. The first-order valence-corrected chi connectivity index (χ1v) is 8.61. The summed E-state index contributed by atoms with van der Waals surface area (Å²) in [6, 6.07) is 7.98. The average molecular weight is 293 g/mol. The first-order valence-electron chi connectivity index (χ1n) is 7.21. The molecule has 1 saturated carbocycles. The molecule has 0 aliphatic heterocycles. The van der Waals surface area contributed by atoms with Crippen molar-refractivity contribution in [3.05, 3.63) is 29.8 Å². The predicted octanol–water partition coefficient (Wildman–Crippen LogP) is 3.23. The van der Waals surface area contributed by atoms with Gasteiger partial charge in [-0.25, -0.2) is 0 Å². The summed E-state index contributed by atoms with van der Waals surface area (Å²) in [6.07, 6.45) is 6.89. The number of rotatable bonds is 6. The highest BCUT2D eigenvalue weighted by Crippen LogP contribution is 2.32. The number of anilines is 1. The molecule has 3 nitrogen and oxygen atoms in total. The Morgan fingerprint density at radius 3 is 2.55 bits per heavy atom. The molecule has 1 amide bonds. The van der Waals surface area contributed by atoms with Gasteiger partial charge in [0.25, 0.3) is 0 Å². The summed E-state index contributed by atoms with van der Waals surface area (Å²) in [7, 11) is 0. The Labute approximate surface area is 125 Å². The zero-order valence-electron chi connectivity index (χ0n) is 12.0. The van der Waals surface area contributed by atoms with E-state index in [0.717, 1.165) is 43.5 Å². The van der Waals surface area contributed by atoms with Gasteiger partial charge in [0.05, 0.1) is 12.0 Å². The first-order chi connectivity index (χ1) is 9.61. The molecule has 0 unspecified atom stereocenters. The summed E-state index contributed by atoms with van der Waals surface area (Å²) < 4.78 is 0. The maximum Gasteiger partial charge on any atom is 0.227 e. The van der Waals surface area contributed by atoms with Crippen molar-refractivity contribution in [3.8, 4) is 0 Å². The molecule has 2 N–H and O–H groups in total. The van der Waals surface area contributed by atoms with E-state index in [4.69, 9.17) is 0 Å². The van der Waals surface area contributed by atoms with E-state index < -0.39 is 5.60 Å². The van der Waals surface area contributed by atoms with E-state index in [1.807, 2.05) is 23.9 Å². The fourth-order valence-corrected chi connectivity index (χ4v) is 3.13. The van der Waals surface area contributed by atoms with Gasteiger partial charge in [-0.1, -0.05) is 25.0 Å². The molecule has 0 spiro atoms. The summed E-state index contributed by atoms with van der Waals surface area (Å²) in [5.41, 5.74) is 1.32. The van der Waals surface area contributed by atoms with E-state index in [2.05, 4.69) is 23.7 Å². The second kappa shape index (κ2) is 7.14. The topological polar surface area (TPSA) is 49.3 Å². The molecule has 2 rings (SSSR count). The third-order valence-corrected chi connectivity index (χ3v) is 4.47. The van der Waals surface area contributed by atoms with Crippen molar-refractivity contribution < 1.29 is 9.90 Å². The van der Waals surface area contributed by atoms with Crippen LogP contribution in [0.5, 0.6) is 0 Å². The third kappa shape index (κ3) is 4.53. The number of carbonyl (C=O) groups excluding carboxylic acids is 1. The lowest BCUT2D eigenvalue weighted by Crippen LogP contribution is -2.30. The van der Waals surface area contributed by atoms with Crippen molar-refractivity contribution in [1.82, 2.24) is 0 Å². The molecule has 0 bridgehead atoms. The van der Waals surface area contributed by atoms with Gasteiger partial charge in [0.1, 0.15) is 0 Å². The zero-order valence-corrected chi connectivity index (χ0v) is 12.8. The molecule has 0 saturated heterocycles. The van der Waals surface area contributed by atoms with Crippen molar-refractivity contribution in [2.75, 3.05) is 17.3 Å². The van der Waals surface area contributed by atoms with Crippen LogP contribution in [0.25, 0.3) is 0 Å². The Kier molecular flexibility index (Phi) is 5.49. The van der Waals surface area contributed by atoms with Crippen LogP contribution in [-0.4, -0.2) is 28.6 Å². The monoisotopic (exact) mass is 293 g/mol. The van der Waals surface area contributed by atoms with E-state index >= 15 is 0 Å². The molecule has 0 heterocycles. The molecular weight excluding hydrogens is 270 g/mol. The van der Waals surface area contributed by atoms with Crippen LogP contribution in [-0.2, 0) is 11.2 Å². The lowest BCUT2D eigenvalue weighted by molar-refractivity contribution is -0.120. The van der Waals surface area contributed by atoms with Crippen molar-refractivity contribution in [3.63, 3.8) is 0 Å². The van der Waals surface area contributed by atoms with Gasteiger partial charge in [-0.3, -0.25) is 4.79 Å². The number of amides is 1. The number of hydrogen-bond donors (Lipinski definition) is 2. The minimum absolute atomic E-state index is 0.0914. The van der Waals surface area contributed by atoms with Crippen molar-refractivity contribution >= 4 is 23.4 Å². The summed E-state index contributed by atoms with van der Waals surface area (Å²) in [5.74, 6) is 1.02. The number of aryl methyl sites for hydroxylation is 1. The second-order valence-corrected chi connectivity index (χ2v) is 6.58. The highest BCUT2D eigenvalue weighted by atomic mass is 32.2. The largest absolute Gasteiger partial charge is 0.389 e. The van der Waals surface area contributed by atoms with Gasteiger partial charge in [0, 0.05) is 5.69 Å². The maximum atomic E-state index is 12.0. The Hall–Kier alpha value is -1.00. The number of benzene rings is 1. The molecule has 0 aromatic heterocycles. The molecular formula is C16H23NO2S. The van der Waals surface area contributed by atoms with Crippen LogP contribution in [0.2, 0.25) is 0 Å². The smallest absolute Gasteiger partial charge is 0.227 e. The lowest BCUT2D eigenvalue weighted by Gasteiger charge is -2.21. The van der Waals surface area contributed by atoms with Gasteiger partial charge in [0.2, 0.25) is 5.91 Å². The van der Waals surface area contributed by atoms with Crippen molar-refractivity contribution in [2.45, 2.75) is 44.1 Å². The highest BCUT2D eigenvalue weighted by Gasteiger charge is 2.33. The number of aliphatic hydroxyl groups is 1. The van der Waals surface area contributed by atoms with Gasteiger partial charge >= 0.3 is 0 Å². The fraction of sp³-hybridized carbons (Fsp3) is 0.562. The van der Waals surface area contributed by atoms with Gasteiger partial charge in [-0.05, 0) is 49.0 Å². The average Bonchev–Trinajstić information content (AvgIpc) is 2.84. The minimum atomic E-state index is -0.775. The van der Waals surface area contributed by atoms with E-state index in [1.54, 1.807) is 0 Å².